The number of benzene rings is 1. The van der Waals surface area contributed by atoms with Gasteiger partial charge in [-0.1, -0.05) is 30.3 Å². The Labute approximate surface area is 138 Å². The van der Waals surface area contributed by atoms with E-state index in [9.17, 15) is 9.90 Å². The van der Waals surface area contributed by atoms with Gasteiger partial charge in [-0.15, -0.1) is 11.3 Å². The maximum atomic E-state index is 11.7. The molecule has 5 nitrogen and oxygen atoms in total. The first-order valence-electron chi connectivity index (χ1n) is 7.18. The molecule has 0 fully saturated rings. The number of hydrogen-bond acceptors (Lipinski definition) is 5. The van der Waals surface area contributed by atoms with Gasteiger partial charge < -0.3 is 9.84 Å². The largest absolute Gasteiger partial charge is 0.485 e. The van der Waals surface area contributed by atoms with Crippen molar-refractivity contribution in [1.82, 2.24) is 5.01 Å². The van der Waals surface area contributed by atoms with Crippen molar-refractivity contribution in [1.29, 1.82) is 0 Å². The number of aliphatic carboxylic acids is 1. The van der Waals surface area contributed by atoms with E-state index in [1.54, 1.807) is 13.1 Å². The number of thiophene rings is 1. The number of carboxylic acid groups (broad SMARTS) is 1. The van der Waals surface area contributed by atoms with E-state index in [1.807, 2.05) is 41.8 Å². The van der Waals surface area contributed by atoms with Crippen LogP contribution < -0.4 is 0 Å². The molecular formula is C17H16N2O3S. The lowest BCUT2D eigenvalue weighted by molar-refractivity contribution is -0.134. The molecule has 0 saturated heterocycles. The standard InChI is InChI=1S/C17H16N2O3S/c1-2-18-19-10-13-8-9-23-16(13)15(14(19)17(20)21)22-11-12-6-4-3-5-7-12/h2-9H,10-11H2,1H3,(H,20,21)/b18-2-. The molecule has 2 aromatic rings. The van der Waals surface area contributed by atoms with Crippen molar-refractivity contribution in [2.45, 2.75) is 20.1 Å². The normalized spacial score (nSPS) is 14.2. The van der Waals surface area contributed by atoms with E-state index in [2.05, 4.69) is 5.10 Å². The van der Waals surface area contributed by atoms with Gasteiger partial charge in [0.1, 0.15) is 6.61 Å². The summed E-state index contributed by atoms with van der Waals surface area (Å²) >= 11 is 1.49. The van der Waals surface area contributed by atoms with Gasteiger partial charge in [0.25, 0.3) is 0 Å². The zero-order valence-electron chi connectivity index (χ0n) is 12.6. The van der Waals surface area contributed by atoms with E-state index < -0.39 is 5.97 Å². The number of carbonyl (C=O) groups is 1. The molecule has 118 valence electrons. The van der Waals surface area contributed by atoms with Crippen LogP contribution in [0.5, 0.6) is 0 Å². The van der Waals surface area contributed by atoms with Crippen molar-refractivity contribution in [2.75, 3.05) is 0 Å². The second-order valence-corrected chi connectivity index (χ2v) is 5.88. The summed E-state index contributed by atoms with van der Waals surface area (Å²) in [4.78, 5) is 12.6. The van der Waals surface area contributed by atoms with Gasteiger partial charge in [-0.05, 0) is 29.5 Å². The molecule has 1 aliphatic rings. The summed E-state index contributed by atoms with van der Waals surface area (Å²) in [6.07, 6.45) is 1.58. The van der Waals surface area contributed by atoms with Gasteiger partial charge >= 0.3 is 5.97 Å². The van der Waals surface area contributed by atoms with E-state index in [4.69, 9.17) is 4.74 Å². The van der Waals surface area contributed by atoms with Crippen LogP contribution in [0.4, 0.5) is 0 Å². The van der Waals surface area contributed by atoms with Crippen LogP contribution in [0.2, 0.25) is 0 Å². The molecule has 6 heteroatoms. The molecule has 23 heavy (non-hydrogen) atoms. The fourth-order valence-electron chi connectivity index (χ4n) is 2.43. The van der Waals surface area contributed by atoms with Crippen molar-refractivity contribution in [3.63, 3.8) is 0 Å². The Morgan fingerprint density at radius 2 is 2.17 bits per heavy atom. The second-order valence-electron chi connectivity index (χ2n) is 4.96. The molecule has 1 aromatic carbocycles. The molecular weight excluding hydrogens is 312 g/mol. The monoisotopic (exact) mass is 328 g/mol. The highest BCUT2D eigenvalue weighted by atomic mass is 32.1. The summed E-state index contributed by atoms with van der Waals surface area (Å²) in [6.45, 7) is 2.50. The zero-order valence-corrected chi connectivity index (χ0v) is 13.4. The fourth-order valence-corrected chi connectivity index (χ4v) is 3.35. The average Bonchev–Trinajstić information content (AvgIpc) is 3.01. The molecule has 1 N–H and O–H groups in total. The predicted octanol–water partition coefficient (Wildman–Crippen LogP) is 3.54. The number of ether oxygens (including phenoxy) is 1. The predicted molar refractivity (Wildman–Crippen MR) is 89.8 cm³/mol. The van der Waals surface area contributed by atoms with Crippen LogP contribution in [0.25, 0.3) is 5.76 Å². The van der Waals surface area contributed by atoms with Crippen LogP contribution in [-0.4, -0.2) is 22.3 Å². The Hall–Kier alpha value is -2.60. The van der Waals surface area contributed by atoms with E-state index >= 15 is 0 Å². The highest BCUT2D eigenvalue weighted by molar-refractivity contribution is 7.11. The minimum absolute atomic E-state index is 0.0778. The summed E-state index contributed by atoms with van der Waals surface area (Å²) in [7, 11) is 0. The van der Waals surface area contributed by atoms with Crippen LogP contribution >= 0.6 is 11.3 Å². The minimum Gasteiger partial charge on any atom is -0.485 e. The molecule has 0 aliphatic carbocycles. The highest BCUT2D eigenvalue weighted by Gasteiger charge is 2.31. The average molecular weight is 328 g/mol. The Morgan fingerprint density at radius 3 is 2.87 bits per heavy atom. The molecule has 1 aromatic heterocycles. The molecule has 3 rings (SSSR count). The van der Waals surface area contributed by atoms with Crippen LogP contribution in [0, 0.1) is 0 Å². The second kappa shape index (κ2) is 6.66. The first kappa shape index (κ1) is 15.3. The summed E-state index contributed by atoms with van der Waals surface area (Å²) < 4.78 is 5.90. The summed E-state index contributed by atoms with van der Waals surface area (Å²) in [5.74, 6) is -0.666. The van der Waals surface area contributed by atoms with Crippen molar-refractivity contribution in [3.05, 3.63) is 63.5 Å². The van der Waals surface area contributed by atoms with Gasteiger partial charge in [0.2, 0.25) is 0 Å². The lowest BCUT2D eigenvalue weighted by Gasteiger charge is -2.27. The Balaban J connectivity index is 1.99. The molecule has 0 atom stereocenters. The topological polar surface area (TPSA) is 62.1 Å². The maximum Gasteiger partial charge on any atom is 0.358 e. The summed E-state index contributed by atoms with van der Waals surface area (Å²) in [5, 5.41) is 17.2. The first-order valence-corrected chi connectivity index (χ1v) is 8.06. The van der Waals surface area contributed by atoms with Crippen molar-refractivity contribution < 1.29 is 14.6 Å². The molecule has 0 saturated carbocycles. The molecule has 0 radical (unpaired) electrons. The zero-order chi connectivity index (χ0) is 16.2. The van der Waals surface area contributed by atoms with Crippen LogP contribution in [0.3, 0.4) is 0 Å². The molecule has 0 unspecified atom stereocenters. The summed E-state index contributed by atoms with van der Waals surface area (Å²) in [6, 6.07) is 11.7. The third-order valence-electron chi connectivity index (χ3n) is 3.43. The van der Waals surface area contributed by atoms with E-state index in [1.165, 1.54) is 16.3 Å². The Kier molecular flexibility index (Phi) is 4.43. The van der Waals surface area contributed by atoms with Crippen molar-refractivity contribution in [3.8, 4) is 0 Å². The van der Waals surface area contributed by atoms with Gasteiger partial charge in [-0.25, -0.2) is 4.79 Å². The van der Waals surface area contributed by atoms with Crippen LogP contribution in [0.1, 0.15) is 22.9 Å². The van der Waals surface area contributed by atoms with Crippen molar-refractivity contribution in [2.24, 2.45) is 5.10 Å². The maximum absolute atomic E-state index is 11.7. The molecule has 1 aliphatic heterocycles. The highest BCUT2D eigenvalue weighted by Crippen LogP contribution is 2.37. The number of fused-ring (bicyclic) bond motifs is 1. The molecule has 0 bridgehead atoms. The van der Waals surface area contributed by atoms with E-state index in [-0.39, 0.29) is 5.70 Å². The Bertz CT molecular complexity index is 765. The summed E-state index contributed by atoms with van der Waals surface area (Å²) in [5.41, 5.74) is 2.08. The van der Waals surface area contributed by atoms with Gasteiger partial charge in [0, 0.05) is 6.21 Å². The van der Waals surface area contributed by atoms with Gasteiger partial charge in [0.05, 0.1) is 11.4 Å². The van der Waals surface area contributed by atoms with Gasteiger partial charge in [-0.2, -0.15) is 5.10 Å². The fraction of sp³-hybridized carbons (Fsp3) is 0.176. The molecule has 2 heterocycles. The quantitative estimate of drug-likeness (QED) is 0.853. The SMILES string of the molecule is C/C=N\N1Cc2ccsc2C(OCc2ccccc2)=C1C(=O)O. The molecule has 0 spiro atoms. The third kappa shape index (κ3) is 3.12. The molecule has 0 amide bonds. The van der Waals surface area contributed by atoms with Crippen molar-refractivity contribution >= 4 is 29.3 Å². The van der Waals surface area contributed by atoms with E-state index in [0.717, 1.165) is 16.0 Å². The van der Waals surface area contributed by atoms with Gasteiger partial charge in [0.15, 0.2) is 11.5 Å². The number of rotatable bonds is 5. The lowest BCUT2D eigenvalue weighted by Crippen LogP contribution is -2.28. The number of carboxylic acids is 1. The number of nitrogens with zero attached hydrogens (tertiary/aromatic N) is 2. The van der Waals surface area contributed by atoms with E-state index in [0.29, 0.717) is 18.9 Å². The number of hydrogen-bond donors (Lipinski definition) is 1. The van der Waals surface area contributed by atoms with Crippen LogP contribution in [-0.2, 0) is 22.7 Å². The van der Waals surface area contributed by atoms with Crippen LogP contribution in [0.15, 0.2) is 52.6 Å². The number of hydrazone groups is 1. The first-order chi connectivity index (χ1) is 11.2. The Morgan fingerprint density at radius 1 is 1.39 bits per heavy atom. The minimum atomic E-state index is -1.04. The lowest BCUT2D eigenvalue weighted by atomic mass is 10.1. The van der Waals surface area contributed by atoms with Gasteiger partial charge in [-0.3, -0.25) is 5.01 Å². The third-order valence-corrected chi connectivity index (χ3v) is 4.39. The smallest absolute Gasteiger partial charge is 0.358 e.